The van der Waals surface area contributed by atoms with Crippen LogP contribution in [0.2, 0.25) is 0 Å². The van der Waals surface area contributed by atoms with Crippen molar-refractivity contribution in [1.82, 2.24) is 4.31 Å². The van der Waals surface area contributed by atoms with Crippen molar-refractivity contribution in [2.24, 2.45) is 0 Å². The summed E-state index contributed by atoms with van der Waals surface area (Å²) in [6.45, 7) is 0.130. The van der Waals surface area contributed by atoms with Gasteiger partial charge < -0.3 is 14.2 Å². The molecule has 2 aromatic rings. The Kier molecular flexibility index (Phi) is 6.23. The number of rotatable bonds is 7. The van der Waals surface area contributed by atoms with Crippen molar-refractivity contribution in [2.75, 3.05) is 28.4 Å². The van der Waals surface area contributed by atoms with Crippen LogP contribution in [0.1, 0.15) is 15.9 Å². The molecular weight excluding hydrogens is 358 g/mol. The predicted molar refractivity (Wildman–Crippen MR) is 96.0 cm³/mol. The van der Waals surface area contributed by atoms with Gasteiger partial charge in [-0.2, -0.15) is 4.31 Å². The van der Waals surface area contributed by atoms with Gasteiger partial charge in [0.1, 0.15) is 0 Å². The quantitative estimate of drug-likeness (QED) is 0.687. The van der Waals surface area contributed by atoms with Gasteiger partial charge in [-0.05, 0) is 35.9 Å². The normalized spacial score (nSPS) is 11.3. The molecule has 8 heteroatoms. The third-order valence-electron chi connectivity index (χ3n) is 3.82. The molecule has 0 aliphatic rings. The van der Waals surface area contributed by atoms with E-state index in [2.05, 4.69) is 4.74 Å². The van der Waals surface area contributed by atoms with Gasteiger partial charge >= 0.3 is 5.97 Å². The molecule has 0 unspecified atom stereocenters. The van der Waals surface area contributed by atoms with Gasteiger partial charge in [0.25, 0.3) is 0 Å². The topological polar surface area (TPSA) is 82.1 Å². The number of carbonyl (C=O) groups is 1. The lowest BCUT2D eigenvalue weighted by Gasteiger charge is -2.18. The van der Waals surface area contributed by atoms with Crippen LogP contribution in [-0.4, -0.2) is 47.1 Å². The molecular formula is C18H21NO6S. The lowest BCUT2D eigenvalue weighted by atomic mass is 10.2. The maximum absolute atomic E-state index is 12.8. The molecule has 7 nitrogen and oxygen atoms in total. The molecule has 0 aliphatic carbocycles. The Bertz CT molecular complexity index is 894. The predicted octanol–water partition coefficient (Wildman–Crippen LogP) is 2.31. The minimum absolute atomic E-state index is 0.0170. The first-order chi connectivity index (χ1) is 12.3. The van der Waals surface area contributed by atoms with Crippen molar-refractivity contribution in [3.63, 3.8) is 0 Å². The fourth-order valence-corrected chi connectivity index (χ4v) is 3.61. The van der Waals surface area contributed by atoms with Crippen LogP contribution >= 0.6 is 0 Å². The summed E-state index contributed by atoms with van der Waals surface area (Å²) in [4.78, 5) is 11.6. The molecule has 0 heterocycles. The number of carbonyl (C=O) groups excluding carboxylic acids is 1. The van der Waals surface area contributed by atoms with Gasteiger partial charge in [0.15, 0.2) is 11.5 Å². The molecule has 2 rings (SSSR count). The van der Waals surface area contributed by atoms with Crippen LogP contribution in [0.4, 0.5) is 0 Å². The van der Waals surface area contributed by atoms with E-state index in [1.54, 1.807) is 18.2 Å². The molecule has 140 valence electrons. The SMILES string of the molecule is COC(=O)c1cccc(S(=O)(=O)N(C)Cc2ccc(OC)c(OC)c2)c1. The van der Waals surface area contributed by atoms with E-state index in [1.165, 1.54) is 56.9 Å². The number of hydrogen-bond acceptors (Lipinski definition) is 6. The average molecular weight is 379 g/mol. The first-order valence-corrected chi connectivity index (χ1v) is 9.13. The number of hydrogen-bond donors (Lipinski definition) is 0. The minimum Gasteiger partial charge on any atom is -0.493 e. The van der Waals surface area contributed by atoms with Gasteiger partial charge in [-0.15, -0.1) is 0 Å². The van der Waals surface area contributed by atoms with Crippen LogP contribution in [0.15, 0.2) is 47.4 Å². The van der Waals surface area contributed by atoms with Crippen molar-refractivity contribution in [3.05, 3.63) is 53.6 Å². The molecule has 0 spiro atoms. The monoisotopic (exact) mass is 379 g/mol. The second kappa shape index (κ2) is 8.20. The molecule has 0 N–H and O–H groups in total. The van der Waals surface area contributed by atoms with Crippen molar-refractivity contribution >= 4 is 16.0 Å². The summed E-state index contributed by atoms with van der Waals surface area (Å²) in [7, 11) is 1.97. The molecule has 0 radical (unpaired) electrons. The Balaban J connectivity index is 2.28. The van der Waals surface area contributed by atoms with Crippen LogP contribution < -0.4 is 9.47 Å². The number of esters is 1. The standard InChI is InChI=1S/C18H21NO6S/c1-19(12-13-8-9-16(23-2)17(10-13)24-3)26(21,22)15-7-5-6-14(11-15)18(20)25-4/h5-11H,12H2,1-4H3. The zero-order valence-corrected chi connectivity index (χ0v) is 15.9. The summed E-state index contributed by atoms with van der Waals surface area (Å²) in [5.41, 5.74) is 0.908. The molecule has 0 fully saturated rings. The zero-order chi connectivity index (χ0) is 19.3. The summed E-state index contributed by atoms with van der Waals surface area (Å²) >= 11 is 0. The fourth-order valence-electron chi connectivity index (χ4n) is 2.40. The van der Waals surface area contributed by atoms with E-state index < -0.39 is 16.0 Å². The first-order valence-electron chi connectivity index (χ1n) is 7.69. The number of ether oxygens (including phenoxy) is 3. The van der Waals surface area contributed by atoms with E-state index in [0.717, 1.165) is 5.56 Å². The van der Waals surface area contributed by atoms with Gasteiger partial charge in [0.2, 0.25) is 10.0 Å². The van der Waals surface area contributed by atoms with Crippen molar-refractivity contribution in [3.8, 4) is 11.5 Å². The highest BCUT2D eigenvalue weighted by atomic mass is 32.2. The summed E-state index contributed by atoms with van der Waals surface area (Å²) < 4.78 is 41.8. The summed E-state index contributed by atoms with van der Waals surface area (Å²) in [6.07, 6.45) is 0. The largest absolute Gasteiger partial charge is 0.493 e. The molecule has 26 heavy (non-hydrogen) atoms. The molecule has 0 saturated heterocycles. The maximum atomic E-state index is 12.8. The van der Waals surface area contributed by atoms with E-state index in [0.29, 0.717) is 11.5 Å². The second-order valence-electron chi connectivity index (χ2n) is 5.47. The number of nitrogens with zero attached hydrogens (tertiary/aromatic N) is 1. The highest BCUT2D eigenvalue weighted by Crippen LogP contribution is 2.28. The van der Waals surface area contributed by atoms with E-state index >= 15 is 0 Å². The summed E-state index contributed by atoms with van der Waals surface area (Å²) in [5.74, 6) is 0.487. The lowest BCUT2D eigenvalue weighted by Crippen LogP contribution is -2.26. The minimum atomic E-state index is -3.78. The van der Waals surface area contributed by atoms with Gasteiger partial charge in [-0.25, -0.2) is 13.2 Å². The van der Waals surface area contributed by atoms with Crippen LogP contribution in [0.3, 0.4) is 0 Å². The van der Waals surface area contributed by atoms with Crippen LogP contribution in [0.25, 0.3) is 0 Å². The number of sulfonamides is 1. The van der Waals surface area contributed by atoms with Gasteiger partial charge in [0.05, 0.1) is 31.8 Å². The molecule has 0 saturated carbocycles. The highest BCUT2D eigenvalue weighted by molar-refractivity contribution is 7.89. The van der Waals surface area contributed by atoms with E-state index in [-0.39, 0.29) is 17.0 Å². The van der Waals surface area contributed by atoms with Crippen molar-refractivity contribution in [2.45, 2.75) is 11.4 Å². The Morgan fingerprint density at radius 2 is 1.69 bits per heavy atom. The van der Waals surface area contributed by atoms with Crippen LogP contribution in [0, 0.1) is 0 Å². The molecule has 0 amide bonds. The second-order valence-corrected chi connectivity index (χ2v) is 7.51. The molecule has 0 aliphatic heterocycles. The smallest absolute Gasteiger partial charge is 0.337 e. The van der Waals surface area contributed by atoms with Gasteiger partial charge in [0, 0.05) is 13.6 Å². The van der Waals surface area contributed by atoms with Crippen LogP contribution in [0.5, 0.6) is 11.5 Å². The van der Waals surface area contributed by atoms with Crippen LogP contribution in [-0.2, 0) is 21.3 Å². The van der Waals surface area contributed by atoms with E-state index in [4.69, 9.17) is 9.47 Å². The molecule has 0 atom stereocenters. The van der Waals surface area contributed by atoms with Crippen molar-refractivity contribution in [1.29, 1.82) is 0 Å². The third-order valence-corrected chi connectivity index (χ3v) is 5.62. The highest BCUT2D eigenvalue weighted by Gasteiger charge is 2.22. The van der Waals surface area contributed by atoms with E-state index in [1.807, 2.05) is 0 Å². The fraction of sp³-hybridized carbons (Fsp3) is 0.278. The molecule has 2 aromatic carbocycles. The zero-order valence-electron chi connectivity index (χ0n) is 15.1. The third kappa shape index (κ3) is 4.14. The summed E-state index contributed by atoms with van der Waals surface area (Å²) in [6, 6.07) is 10.9. The van der Waals surface area contributed by atoms with E-state index in [9.17, 15) is 13.2 Å². The first kappa shape index (κ1) is 19.7. The number of methoxy groups -OCH3 is 3. The Labute approximate surface area is 153 Å². The molecule has 0 aromatic heterocycles. The lowest BCUT2D eigenvalue weighted by molar-refractivity contribution is 0.0600. The van der Waals surface area contributed by atoms with Gasteiger partial charge in [-0.1, -0.05) is 12.1 Å². The average Bonchev–Trinajstić information content (AvgIpc) is 2.67. The summed E-state index contributed by atoms with van der Waals surface area (Å²) in [5, 5.41) is 0. The number of benzene rings is 2. The van der Waals surface area contributed by atoms with Gasteiger partial charge in [-0.3, -0.25) is 0 Å². The maximum Gasteiger partial charge on any atom is 0.337 e. The Morgan fingerprint density at radius 3 is 2.31 bits per heavy atom. The Morgan fingerprint density at radius 1 is 1.00 bits per heavy atom. The van der Waals surface area contributed by atoms with Crippen molar-refractivity contribution < 1.29 is 27.4 Å². The molecule has 0 bridgehead atoms. The Hall–Kier alpha value is -2.58.